The van der Waals surface area contributed by atoms with Crippen LogP contribution in [0.25, 0.3) is 0 Å². The summed E-state index contributed by atoms with van der Waals surface area (Å²) >= 11 is 5.48. The number of benzene rings is 1. The second-order valence-corrected chi connectivity index (χ2v) is 1.62. The van der Waals surface area contributed by atoms with Gasteiger partial charge in [0.25, 0.3) is 0 Å². The quantitative estimate of drug-likeness (QED) is 0.307. The minimum absolute atomic E-state index is 0. The molecule has 0 unspecified atom stereocenters. The van der Waals surface area contributed by atoms with E-state index in [0.717, 1.165) is 0 Å². The molecule has 0 saturated carbocycles. The Labute approximate surface area is 66.0 Å². The van der Waals surface area contributed by atoms with Gasteiger partial charge in [0, 0.05) is 0 Å². The van der Waals surface area contributed by atoms with Crippen LogP contribution >= 0.6 is 11.6 Å². The molecule has 8 heavy (non-hydrogen) atoms. The fraction of sp³-hybridized carbons (Fsp3) is 0. The maximum Gasteiger partial charge on any atom is 1.00 e. The first-order chi connectivity index (χ1) is 3.39. The molecular formula is C6H4ClLi. The SMILES string of the molecule is Clc1[c-]cccc1.[Li+]. The summed E-state index contributed by atoms with van der Waals surface area (Å²) in [5.41, 5.74) is 0. The summed E-state index contributed by atoms with van der Waals surface area (Å²) in [7, 11) is 0. The second-order valence-electron chi connectivity index (χ2n) is 1.21. The smallest absolute Gasteiger partial charge is 0.176 e. The molecule has 0 aromatic heterocycles. The summed E-state index contributed by atoms with van der Waals surface area (Å²) in [6.45, 7) is 0. The van der Waals surface area contributed by atoms with Gasteiger partial charge in [-0.2, -0.15) is 30.3 Å². The van der Waals surface area contributed by atoms with E-state index >= 15 is 0 Å². The average molecular weight is 118 g/mol. The summed E-state index contributed by atoms with van der Waals surface area (Å²) in [6.07, 6.45) is 0. The molecule has 0 spiro atoms. The Hall–Kier alpha value is 0.107. The molecule has 0 aliphatic heterocycles. The summed E-state index contributed by atoms with van der Waals surface area (Å²) in [4.78, 5) is 0. The van der Waals surface area contributed by atoms with Gasteiger partial charge in [0.1, 0.15) is 0 Å². The van der Waals surface area contributed by atoms with Crippen LogP contribution in [0.3, 0.4) is 0 Å². The molecule has 0 aliphatic rings. The average Bonchev–Trinajstić information content (AvgIpc) is 1.69. The van der Waals surface area contributed by atoms with Crippen LogP contribution in [0.5, 0.6) is 0 Å². The Morgan fingerprint density at radius 1 is 1.38 bits per heavy atom. The van der Waals surface area contributed by atoms with Crippen molar-refractivity contribution in [2.24, 2.45) is 0 Å². The third-order valence-corrected chi connectivity index (χ3v) is 0.906. The van der Waals surface area contributed by atoms with Crippen LogP contribution < -0.4 is 18.9 Å². The van der Waals surface area contributed by atoms with Crippen LogP contribution in [0.4, 0.5) is 0 Å². The van der Waals surface area contributed by atoms with Crippen LogP contribution in [0, 0.1) is 6.07 Å². The molecule has 0 saturated heterocycles. The molecule has 0 bridgehead atoms. The number of rotatable bonds is 0. The Bertz CT molecular complexity index is 138. The van der Waals surface area contributed by atoms with Gasteiger partial charge in [0.15, 0.2) is 0 Å². The largest absolute Gasteiger partial charge is 1.00 e. The van der Waals surface area contributed by atoms with Crippen LogP contribution in [-0.4, -0.2) is 0 Å². The normalized spacial score (nSPS) is 7.62. The molecule has 0 heterocycles. The van der Waals surface area contributed by atoms with Gasteiger partial charge in [-0.15, -0.1) is 11.6 Å². The fourth-order valence-corrected chi connectivity index (χ4v) is 0.507. The molecule has 0 radical (unpaired) electrons. The molecule has 0 aliphatic carbocycles. The fourth-order valence-electron chi connectivity index (χ4n) is 0.371. The van der Waals surface area contributed by atoms with Crippen LogP contribution in [-0.2, 0) is 0 Å². The predicted molar refractivity (Wildman–Crippen MR) is 30.3 cm³/mol. The van der Waals surface area contributed by atoms with Crippen molar-refractivity contribution in [1.29, 1.82) is 0 Å². The van der Waals surface area contributed by atoms with Gasteiger partial charge in [-0.3, -0.25) is 0 Å². The van der Waals surface area contributed by atoms with Gasteiger partial charge in [-0.05, 0) is 0 Å². The molecule has 36 valence electrons. The van der Waals surface area contributed by atoms with E-state index in [2.05, 4.69) is 6.07 Å². The van der Waals surface area contributed by atoms with E-state index in [1.165, 1.54) is 0 Å². The van der Waals surface area contributed by atoms with Crippen molar-refractivity contribution < 1.29 is 18.9 Å². The molecule has 0 N–H and O–H groups in total. The van der Waals surface area contributed by atoms with Gasteiger partial charge < -0.3 is 0 Å². The Balaban J connectivity index is 0.000000490. The third kappa shape index (κ3) is 2.42. The number of hydrogen-bond acceptors (Lipinski definition) is 0. The molecule has 0 fully saturated rings. The van der Waals surface area contributed by atoms with E-state index in [0.29, 0.717) is 5.02 Å². The van der Waals surface area contributed by atoms with Gasteiger partial charge in [-0.25, -0.2) is 0 Å². The Morgan fingerprint density at radius 2 is 2.12 bits per heavy atom. The van der Waals surface area contributed by atoms with Crippen molar-refractivity contribution in [3.05, 3.63) is 35.4 Å². The summed E-state index contributed by atoms with van der Waals surface area (Å²) in [5, 5.41) is 0.669. The third-order valence-electron chi connectivity index (χ3n) is 0.671. The minimum atomic E-state index is 0. The van der Waals surface area contributed by atoms with E-state index in [1.807, 2.05) is 12.1 Å². The first-order valence-corrected chi connectivity index (χ1v) is 2.39. The van der Waals surface area contributed by atoms with Crippen molar-refractivity contribution >= 4 is 11.6 Å². The predicted octanol–water partition coefficient (Wildman–Crippen LogP) is -0.856. The monoisotopic (exact) mass is 118 g/mol. The number of hydrogen-bond donors (Lipinski definition) is 0. The zero-order valence-corrected chi connectivity index (χ0v) is 5.44. The van der Waals surface area contributed by atoms with Crippen molar-refractivity contribution in [3.63, 3.8) is 0 Å². The van der Waals surface area contributed by atoms with E-state index in [4.69, 9.17) is 11.6 Å². The Morgan fingerprint density at radius 3 is 2.38 bits per heavy atom. The second kappa shape index (κ2) is 4.03. The Kier molecular flexibility index (Phi) is 4.09. The topological polar surface area (TPSA) is 0 Å². The molecule has 0 nitrogen and oxygen atoms in total. The van der Waals surface area contributed by atoms with Gasteiger partial charge >= 0.3 is 18.9 Å². The zero-order chi connectivity index (χ0) is 5.11. The summed E-state index contributed by atoms with van der Waals surface area (Å²) in [6, 6.07) is 10.1. The molecular weight excluding hydrogens is 114 g/mol. The van der Waals surface area contributed by atoms with Crippen LogP contribution in [0.2, 0.25) is 5.02 Å². The van der Waals surface area contributed by atoms with Gasteiger partial charge in [0.2, 0.25) is 0 Å². The van der Waals surface area contributed by atoms with Crippen molar-refractivity contribution in [2.75, 3.05) is 0 Å². The molecule has 2 heteroatoms. The molecule has 1 aromatic rings. The van der Waals surface area contributed by atoms with Crippen molar-refractivity contribution in [3.8, 4) is 0 Å². The zero-order valence-electron chi connectivity index (χ0n) is 4.69. The van der Waals surface area contributed by atoms with E-state index < -0.39 is 0 Å². The van der Waals surface area contributed by atoms with Gasteiger partial charge in [-0.1, -0.05) is 5.02 Å². The first kappa shape index (κ1) is 8.11. The van der Waals surface area contributed by atoms with Crippen LogP contribution in [0.15, 0.2) is 24.3 Å². The maximum atomic E-state index is 5.48. The summed E-state index contributed by atoms with van der Waals surface area (Å²) < 4.78 is 0. The summed E-state index contributed by atoms with van der Waals surface area (Å²) in [5.74, 6) is 0. The van der Waals surface area contributed by atoms with Crippen LogP contribution in [0.1, 0.15) is 0 Å². The number of halogens is 1. The standard InChI is InChI=1S/C6H4Cl.Li/c7-6-4-2-1-3-5-6;/h1-4H;/q-1;+1. The van der Waals surface area contributed by atoms with E-state index in [9.17, 15) is 0 Å². The van der Waals surface area contributed by atoms with Gasteiger partial charge in [0.05, 0.1) is 0 Å². The van der Waals surface area contributed by atoms with Crippen molar-refractivity contribution in [2.45, 2.75) is 0 Å². The van der Waals surface area contributed by atoms with E-state index in [1.54, 1.807) is 12.1 Å². The molecule has 1 rings (SSSR count). The molecule has 0 atom stereocenters. The first-order valence-electron chi connectivity index (χ1n) is 2.02. The van der Waals surface area contributed by atoms with E-state index in [-0.39, 0.29) is 18.9 Å². The minimum Gasteiger partial charge on any atom is -0.176 e. The molecule has 0 amide bonds. The maximum absolute atomic E-state index is 5.48. The van der Waals surface area contributed by atoms with Crippen molar-refractivity contribution in [1.82, 2.24) is 0 Å². The molecule has 1 aromatic carbocycles.